The summed E-state index contributed by atoms with van der Waals surface area (Å²) < 4.78 is 0. The fraction of sp³-hybridized carbons (Fsp3) is 0.300. The van der Waals surface area contributed by atoms with Gasteiger partial charge in [-0.25, -0.2) is 0 Å². The lowest BCUT2D eigenvalue weighted by Gasteiger charge is -2.06. The first-order chi connectivity index (χ1) is 6.09. The molecular weight excluding hydrogens is 186 g/mol. The number of alkyl halides is 1. The van der Waals surface area contributed by atoms with Gasteiger partial charge in [-0.2, -0.15) is 0 Å². The van der Waals surface area contributed by atoms with Crippen molar-refractivity contribution < 1.29 is 4.79 Å². The van der Waals surface area contributed by atoms with Crippen LogP contribution in [0.1, 0.15) is 12.5 Å². The molecule has 2 nitrogen and oxygen atoms in total. The molecule has 0 aliphatic heterocycles. The van der Waals surface area contributed by atoms with Gasteiger partial charge in [-0.1, -0.05) is 17.7 Å². The molecule has 0 saturated heterocycles. The van der Waals surface area contributed by atoms with E-state index in [1.807, 2.05) is 31.2 Å². The van der Waals surface area contributed by atoms with E-state index in [9.17, 15) is 4.79 Å². The van der Waals surface area contributed by atoms with Crippen molar-refractivity contribution >= 4 is 23.2 Å². The van der Waals surface area contributed by atoms with E-state index in [1.165, 1.54) is 0 Å². The fourth-order valence-electron chi connectivity index (χ4n) is 0.879. The Morgan fingerprint density at radius 3 is 2.38 bits per heavy atom. The van der Waals surface area contributed by atoms with E-state index in [1.54, 1.807) is 6.92 Å². The molecular formula is C10H12ClNO. The summed E-state index contributed by atoms with van der Waals surface area (Å²) in [5.41, 5.74) is 1.94. The maximum atomic E-state index is 11.2. The lowest BCUT2D eigenvalue weighted by Crippen LogP contribution is -2.20. The maximum absolute atomic E-state index is 11.2. The van der Waals surface area contributed by atoms with E-state index in [-0.39, 0.29) is 5.91 Å². The topological polar surface area (TPSA) is 29.1 Å². The summed E-state index contributed by atoms with van der Waals surface area (Å²) in [4.78, 5) is 11.2. The predicted molar refractivity (Wildman–Crippen MR) is 55.1 cm³/mol. The Hall–Kier alpha value is -1.02. The molecule has 0 aromatic heterocycles. The van der Waals surface area contributed by atoms with Crippen molar-refractivity contribution in [2.24, 2.45) is 0 Å². The van der Waals surface area contributed by atoms with Gasteiger partial charge in [0, 0.05) is 5.69 Å². The number of carbonyl (C=O) groups excluding carboxylic acids is 1. The van der Waals surface area contributed by atoms with Gasteiger partial charge >= 0.3 is 0 Å². The SMILES string of the molecule is Cc1ccc(NC(=O)[C@H](C)Cl)cc1. The van der Waals surface area contributed by atoms with Crippen molar-refractivity contribution in [2.75, 3.05) is 5.32 Å². The molecule has 0 spiro atoms. The summed E-state index contributed by atoms with van der Waals surface area (Å²) in [5, 5.41) is 2.20. The predicted octanol–water partition coefficient (Wildman–Crippen LogP) is 2.56. The van der Waals surface area contributed by atoms with Crippen LogP contribution in [0.3, 0.4) is 0 Å². The van der Waals surface area contributed by atoms with E-state index in [0.717, 1.165) is 11.3 Å². The maximum Gasteiger partial charge on any atom is 0.242 e. The standard InChI is InChI=1S/C10H12ClNO/c1-7-3-5-9(6-4-7)12-10(13)8(2)11/h3-6,8H,1-2H3,(H,12,13)/t8-/m0/s1. The van der Waals surface area contributed by atoms with Crippen LogP contribution in [0.2, 0.25) is 0 Å². The van der Waals surface area contributed by atoms with Gasteiger partial charge in [-0.15, -0.1) is 11.6 Å². The third kappa shape index (κ3) is 3.07. The number of aryl methyl sites for hydroxylation is 1. The van der Waals surface area contributed by atoms with E-state index < -0.39 is 5.38 Å². The number of hydrogen-bond acceptors (Lipinski definition) is 1. The van der Waals surface area contributed by atoms with E-state index in [0.29, 0.717) is 0 Å². The molecule has 1 atom stereocenters. The molecule has 70 valence electrons. The van der Waals surface area contributed by atoms with Crippen molar-refractivity contribution in [3.05, 3.63) is 29.8 Å². The molecule has 0 bridgehead atoms. The van der Waals surface area contributed by atoms with Gasteiger partial charge < -0.3 is 5.32 Å². The second-order valence-corrected chi connectivity index (χ2v) is 3.63. The van der Waals surface area contributed by atoms with Crippen molar-refractivity contribution in [3.63, 3.8) is 0 Å². The van der Waals surface area contributed by atoms with Crippen LogP contribution < -0.4 is 5.32 Å². The van der Waals surface area contributed by atoms with Crippen molar-refractivity contribution in [1.29, 1.82) is 0 Å². The van der Waals surface area contributed by atoms with Crippen molar-refractivity contribution in [1.82, 2.24) is 0 Å². The summed E-state index contributed by atoms with van der Waals surface area (Å²) in [7, 11) is 0. The van der Waals surface area contributed by atoms with Crippen molar-refractivity contribution in [3.8, 4) is 0 Å². The highest BCUT2D eigenvalue weighted by Gasteiger charge is 2.08. The lowest BCUT2D eigenvalue weighted by atomic mass is 10.2. The summed E-state index contributed by atoms with van der Waals surface area (Å²) >= 11 is 5.60. The second-order valence-electron chi connectivity index (χ2n) is 2.97. The van der Waals surface area contributed by atoms with Gasteiger partial charge in [-0.05, 0) is 26.0 Å². The first-order valence-corrected chi connectivity index (χ1v) is 4.55. The van der Waals surface area contributed by atoms with Gasteiger partial charge in [0.2, 0.25) is 5.91 Å². The first kappa shape index (κ1) is 10.1. The summed E-state index contributed by atoms with van der Waals surface area (Å²) in [6.07, 6.45) is 0. The van der Waals surface area contributed by atoms with Gasteiger partial charge in [0.15, 0.2) is 0 Å². The first-order valence-electron chi connectivity index (χ1n) is 4.11. The number of halogens is 1. The molecule has 0 heterocycles. The number of rotatable bonds is 2. The minimum atomic E-state index is -0.499. The van der Waals surface area contributed by atoms with Gasteiger partial charge in [0.1, 0.15) is 5.38 Å². The molecule has 3 heteroatoms. The number of nitrogens with one attached hydrogen (secondary N) is 1. The van der Waals surface area contributed by atoms with Crippen LogP contribution in [0.25, 0.3) is 0 Å². The quantitative estimate of drug-likeness (QED) is 0.726. The zero-order chi connectivity index (χ0) is 9.84. The van der Waals surface area contributed by atoms with Crippen LogP contribution >= 0.6 is 11.6 Å². The Kier molecular flexibility index (Phi) is 3.32. The zero-order valence-corrected chi connectivity index (χ0v) is 8.43. The Bertz CT molecular complexity index is 292. The van der Waals surface area contributed by atoms with Crippen LogP contribution in [-0.4, -0.2) is 11.3 Å². The average molecular weight is 198 g/mol. The highest BCUT2D eigenvalue weighted by Crippen LogP contribution is 2.09. The van der Waals surface area contributed by atoms with E-state index >= 15 is 0 Å². The number of benzene rings is 1. The third-order valence-corrected chi connectivity index (χ3v) is 1.88. The number of anilines is 1. The fourth-order valence-corrected chi connectivity index (χ4v) is 0.933. The largest absolute Gasteiger partial charge is 0.325 e. The smallest absolute Gasteiger partial charge is 0.242 e. The number of hydrogen-bond donors (Lipinski definition) is 1. The van der Waals surface area contributed by atoms with Gasteiger partial charge in [0.25, 0.3) is 0 Å². The summed E-state index contributed by atoms with van der Waals surface area (Å²) in [6.45, 7) is 3.64. The van der Waals surface area contributed by atoms with Gasteiger partial charge in [0.05, 0.1) is 0 Å². The van der Waals surface area contributed by atoms with Crippen LogP contribution in [0.5, 0.6) is 0 Å². The van der Waals surface area contributed by atoms with Crippen LogP contribution in [-0.2, 0) is 4.79 Å². The molecule has 1 aromatic rings. The summed E-state index contributed by atoms with van der Waals surface area (Å²) in [5.74, 6) is -0.175. The Balaban J connectivity index is 2.65. The highest BCUT2D eigenvalue weighted by atomic mass is 35.5. The minimum absolute atomic E-state index is 0.175. The van der Waals surface area contributed by atoms with Crippen LogP contribution in [0.4, 0.5) is 5.69 Å². The highest BCUT2D eigenvalue weighted by molar-refractivity contribution is 6.32. The molecule has 0 saturated carbocycles. The molecule has 0 aliphatic rings. The zero-order valence-electron chi connectivity index (χ0n) is 7.67. The minimum Gasteiger partial charge on any atom is -0.325 e. The average Bonchev–Trinajstić information content (AvgIpc) is 2.08. The molecule has 1 N–H and O–H groups in total. The summed E-state index contributed by atoms with van der Waals surface area (Å²) in [6, 6.07) is 7.59. The lowest BCUT2D eigenvalue weighted by molar-refractivity contribution is -0.115. The normalized spacial score (nSPS) is 12.2. The van der Waals surface area contributed by atoms with Gasteiger partial charge in [-0.3, -0.25) is 4.79 Å². The van der Waals surface area contributed by atoms with Crippen molar-refractivity contribution in [2.45, 2.75) is 19.2 Å². The van der Waals surface area contributed by atoms with E-state index in [2.05, 4.69) is 5.32 Å². The van der Waals surface area contributed by atoms with E-state index in [4.69, 9.17) is 11.6 Å². The number of carbonyl (C=O) groups is 1. The van der Waals surface area contributed by atoms with Crippen LogP contribution in [0, 0.1) is 6.92 Å². The number of amides is 1. The second kappa shape index (κ2) is 4.28. The Morgan fingerprint density at radius 1 is 1.38 bits per heavy atom. The Morgan fingerprint density at radius 2 is 1.92 bits per heavy atom. The molecule has 13 heavy (non-hydrogen) atoms. The molecule has 0 fully saturated rings. The Labute approximate surface area is 82.9 Å². The van der Waals surface area contributed by atoms with Crippen LogP contribution in [0.15, 0.2) is 24.3 Å². The third-order valence-electron chi connectivity index (χ3n) is 1.68. The molecule has 0 unspecified atom stereocenters. The monoisotopic (exact) mass is 197 g/mol. The molecule has 0 aliphatic carbocycles. The molecule has 0 radical (unpaired) electrons. The molecule has 1 rings (SSSR count). The molecule has 1 aromatic carbocycles. The molecule has 1 amide bonds.